The number of hydrogen-bond donors (Lipinski definition) is 1. The van der Waals surface area contributed by atoms with Crippen LogP contribution in [0.15, 0.2) is 24.3 Å². The molecule has 1 aliphatic carbocycles. The van der Waals surface area contributed by atoms with Crippen LogP contribution in [0.2, 0.25) is 0 Å². The van der Waals surface area contributed by atoms with E-state index in [0.717, 1.165) is 12.0 Å². The molecule has 0 bridgehead atoms. The number of hydrogen-bond acceptors (Lipinski definition) is 3. The van der Waals surface area contributed by atoms with E-state index in [9.17, 15) is 9.90 Å². The highest BCUT2D eigenvalue weighted by Gasteiger charge is 2.24. The molecule has 1 aromatic rings. The molecule has 0 saturated heterocycles. The fourth-order valence-electron chi connectivity index (χ4n) is 2.15. The number of aliphatic hydroxyl groups excluding tert-OH is 1. The lowest BCUT2D eigenvalue weighted by atomic mass is 10.0. The van der Waals surface area contributed by atoms with Crippen molar-refractivity contribution in [1.29, 1.82) is 0 Å². The molecule has 1 unspecified atom stereocenters. The summed E-state index contributed by atoms with van der Waals surface area (Å²) >= 11 is 0. The predicted molar refractivity (Wildman–Crippen MR) is 73.9 cm³/mol. The van der Waals surface area contributed by atoms with Crippen LogP contribution in [0.3, 0.4) is 0 Å². The fourth-order valence-corrected chi connectivity index (χ4v) is 2.15. The molecular formula is C16H22O3. The molecule has 1 saturated carbocycles. The minimum Gasteiger partial charge on any atom is -0.466 e. The Morgan fingerprint density at radius 1 is 1.47 bits per heavy atom. The molecule has 1 atom stereocenters. The van der Waals surface area contributed by atoms with E-state index in [4.69, 9.17) is 4.74 Å². The molecule has 104 valence electrons. The van der Waals surface area contributed by atoms with Gasteiger partial charge in [-0.25, -0.2) is 0 Å². The lowest BCUT2D eigenvalue weighted by molar-refractivity contribution is -0.144. The van der Waals surface area contributed by atoms with Crippen molar-refractivity contribution in [2.75, 3.05) is 6.61 Å². The van der Waals surface area contributed by atoms with E-state index in [0.29, 0.717) is 18.9 Å². The van der Waals surface area contributed by atoms with E-state index < -0.39 is 6.10 Å². The lowest BCUT2D eigenvalue weighted by Crippen LogP contribution is -2.08. The Morgan fingerprint density at radius 3 is 2.95 bits per heavy atom. The average molecular weight is 262 g/mol. The van der Waals surface area contributed by atoms with Crippen molar-refractivity contribution in [1.82, 2.24) is 0 Å². The van der Waals surface area contributed by atoms with Gasteiger partial charge in [0.1, 0.15) is 0 Å². The molecule has 19 heavy (non-hydrogen) atoms. The van der Waals surface area contributed by atoms with Crippen molar-refractivity contribution in [3.63, 3.8) is 0 Å². The van der Waals surface area contributed by atoms with Gasteiger partial charge < -0.3 is 9.84 Å². The van der Waals surface area contributed by atoms with Crippen molar-refractivity contribution in [3.8, 4) is 0 Å². The number of esters is 1. The van der Waals surface area contributed by atoms with Crippen LogP contribution in [-0.4, -0.2) is 17.7 Å². The van der Waals surface area contributed by atoms with E-state index in [1.165, 1.54) is 18.4 Å². The number of carbonyl (C=O) groups excluding carboxylic acids is 1. The van der Waals surface area contributed by atoms with E-state index in [1.807, 2.05) is 19.1 Å². The topological polar surface area (TPSA) is 46.5 Å². The molecule has 0 radical (unpaired) electrons. The monoisotopic (exact) mass is 262 g/mol. The second-order valence-electron chi connectivity index (χ2n) is 5.22. The van der Waals surface area contributed by atoms with Gasteiger partial charge in [-0.3, -0.25) is 4.79 Å². The molecule has 1 fully saturated rings. The third-order valence-corrected chi connectivity index (χ3v) is 3.43. The highest BCUT2D eigenvalue weighted by molar-refractivity contribution is 5.69. The van der Waals surface area contributed by atoms with E-state index in [2.05, 4.69) is 12.1 Å². The number of benzene rings is 1. The van der Waals surface area contributed by atoms with E-state index >= 15 is 0 Å². The van der Waals surface area contributed by atoms with Gasteiger partial charge in [0.15, 0.2) is 0 Å². The summed E-state index contributed by atoms with van der Waals surface area (Å²) in [6.45, 7) is 2.43. The maximum absolute atomic E-state index is 11.4. The summed E-state index contributed by atoms with van der Waals surface area (Å²) in [5, 5.41) is 10.1. The maximum atomic E-state index is 11.4. The Hall–Kier alpha value is -1.35. The molecule has 3 heteroatoms. The van der Waals surface area contributed by atoms with Crippen LogP contribution in [0, 0.1) is 0 Å². The van der Waals surface area contributed by atoms with Crippen LogP contribution in [0.5, 0.6) is 0 Å². The maximum Gasteiger partial charge on any atom is 0.305 e. The van der Waals surface area contributed by atoms with Crippen molar-refractivity contribution < 1.29 is 14.6 Å². The van der Waals surface area contributed by atoms with Gasteiger partial charge in [-0.05, 0) is 42.7 Å². The second kappa shape index (κ2) is 6.71. The average Bonchev–Trinajstić information content (AvgIpc) is 3.27. The molecule has 2 rings (SSSR count). The summed E-state index contributed by atoms with van der Waals surface area (Å²) in [4.78, 5) is 11.4. The van der Waals surface area contributed by atoms with Gasteiger partial charge in [-0.1, -0.05) is 31.2 Å². The van der Waals surface area contributed by atoms with Crippen LogP contribution >= 0.6 is 0 Å². The van der Waals surface area contributed by atoms with Crippen molar-refractivity contribution in [3.05, 3.63) is 35.4 Å². The Bertz CT molecular complexity index is 424. The molecule has 3 nitrogen and oxygen atoms in total. The summed E-state index contributed by atoms with van der Waals surface area (Å²) in [6.07, 6.45) is 3.46. The molecular weight excluding hydrogens is 240 g/mol. The number of aliphatic hydroxyl groups is 1. The second-order valence-corrected chi connectivity index (χ2v) is 5.22. The smallest absolute Gasteiger partial charge is 0.305 e. The largest absolute Gasteiger partial charge is 0.466 e. The highest BCUT2D eigenvalue weighted by atomic mass is 16.5. The van der Waals surface area contributed by atoms with Gasteiger partial charge in [0.25, 0.3) is 0 Å². The van der Waals surface area contributed by atoms with Crippen LogP contribution in [0.4, 0.5) is 0 Å². The first-order valence-electron chi connectivity index (χ1n) is 7.14. The standard InChI is InChI=1S/C16H22O3/c1-2-10-19-16(18)9-8-15(17)14-5-3-4-13(11-14)12-6-7-12/h3-5,11-12,15,17H,2,6-10H2,1H3. The Kier molecular flexibility index (Phi) is 4.97. The number of rotatable bonds is 7. The zero-order valence-electron chi connectivity index (χ0n) is 11.5. The first-order chi connectivity index (χ1) is 9.20. The van der Waals surface area contributed by atoms with Crippen LogP contribution in [0.1, 0.15) is 62.2 Å². The van der Waals surface area contributed by atoms with Crippen molar-refractivity contribution >= 4 is 5.97 Å². The molecule has 1 aliphatic rings. The third-order valence-electron chi connectivity index (χ3n) is 3.43. The molecule has 1 aromatic carbocycles. The van der Waals surface area contributed by atoms with Crippen LogP contribution < -0.4 is 0 Å². The molecule has 0 spiro atoms. The van der Waals surface area contributed by atoms with Crippen molar-refractivity contribution in [2.24, 2.45) is 0 Å². The first-order valence-corrected chi connectivity index (χ1v) is 7.14. The minimum atomic E-state index is -0.576. The minimum absolute atomic E-state index is 0.223. The number of ether oxygens (including phenoxy) is 1. The van der Waals surface area contributed by atoms with Gasteiger partial charge >= 0.3 is 5.97 Å². The Labute approximate surface area is 114 Å². The summed E-state index contributed by atoms with van der Waals surface area (Å²) in [7, 11) is 0. The van der Waals surface area contributed by atoms with Gasteiger partial charge in [0.05, 0.1) is 12.7 Å². The quantitative estimate of drug-likeness (QED) is 0.767. The fraction of sp³-hybridized carbons (Fsp3) is 0.562. The predicted octanol–water partition coefficient (Wildman–Crippen LogP) is 3.33. The van der Waals surface area contributed by atoms with E-state index in [1.54, 1.807) is 0 Å². The Morgan fingerprint density at radius 2 is 2.26 bits per heavy atom. The lowest BCUT2D eigenvalue weighted by Gasteiger charge is -2.12. The summed E-state index contributed by atoms with van der Waals surface area (Å²) in [6, 6.07) is 8.10. The summed E-state index contributed by atoms with van der Waals surface area (Å²) < 4.78 is 5.00. The molecule has 0 heterocycles. The molecule has 1 N–H and O–H groups in total. The normalized spacial score (nSPS) is 16.1. The zero-order valence-corrected chi connectivity index (χ0v) is 11.5. The van der Waals surface area contributed by atoms with E-state index in [-0.39, 0.29) is 12.4 Å². The molecule has 0 amide bonds. The zero-order chi connectivity index (χ0) is 13.7. The SMILES string of the molecule is CCCOC(=O)CCC(O)c1cccc(C2CC2)c1. The van der Waals surface area contributed by atoms with Crippen LogP contribution in [-0.2, 0) is 9.53 Å². The molecule has 0 aromatic heterocycles. The third kappa shape index (κ3) is 4.35. The van der Waals surface area contributed by atoms with Gasteiger partial charge in [0.2, 0.25) is 0 Å². The van der Waals surface area contributed by atoms with Gasteiger partial charge in [0, 0.05) is 6.42 Å². The summed E-state index contributed by atoms with van der Waals surface area (Å²) in [5.74, 6) is 0.459. The first kappa shape index (κ1) is 14.1. The van der Waals surface area contributed by atoms with Gasteiger partial charge in [-0.15, -0.1) is 0 Å². The van der Waals surface area contributed by atoms with Gasteiger partial charge in [-0.2, -0.15) is 0 Å². The molecule has 0 aliphatic heterocycles. The van der Waals surface area contributed by atoms with Crippen LogP contribution in [0.25, 0.3) is 0 Å². The number of carbonyl (C=O) groups is 1. The van der Waals surface area contributed by atoms with Crippen molar-refractivity contribution in [2.45, 2.75) is 51.0 Å². The Balaban J connectivity index is 1.83. The highest BCUT2D eigenvalue weighted by Crippen LogP contribution is 2.40. The summed E-state index contributed by atoms with van der Waals surface area (Å²) in [5.41, 5.74) is 2.22.